The van der Waals surface area contributed by atoms with E-state index >= 15 is 0 Å². The summed E-state index contributed by atoms with van der Waals surface area (Å²) >= 11 is 1.62. The van der Waals surface area contributed by atoms with Gasteiger partial charge in [0.2, 0.25) is 0 Å². The van der Waals surface area contributed by atoms with Gasteiger partial charge in [0.05, 0.1) is 23.7 Å². The number of nitrogens with zero attached hydrogens (tertiary/aromatic N) is 2. The molecule has 0 saturated heterocycles. The Bertz CT molecular complexity index is 1120. The molecule has 0 aliphatic rings. The summed E-state index contributed by atoms with van der Waals surface area (Å²) in [6, 6.07) is 15.4. The van der Waals surface area contributed by atoms with Gasteiger partial charge in [-0.15, -0.1) is 11.3 Å². The lowest BCUT2D eigenvalue weighted by Crippen LogP contribution is -2.36. The molecule has 3 rings (SSSR count). The molecule has 0 aliphatic heterocycles. The normalized spacial score (nSPS) is 12.0. The molecule has 158 valence electrons. The van der Waals surface area contributed by atoms with Crippen molar-refractivity contribution >= 4 is 27.1 Å². The summed E-state index contributed by atoms with van der Waals surface area (Å²) in [5.74, 6) is 0.691. The Morgan fingerprint density at radius 3 is 2.57 bits per heavy atom. The number of benzene rings is 2. The van der Waals surface area contributed by atoms with Gasteiger partial charge < -0.3 is 10.6 Å². The van der Waals surface area contributed by atoms with Crippen LogP contribution in [0.1, 0.15) is 23.7 Å². The first-order chi connectivity index (χ1) is 14.4. The fourth-order valence-electron chi connectivity index (χ4n) is 3.01. The first-order valence-electron chi connectivity index (χ1n) is 9.68. The summed E-state index contributed by atoms with van der Waals surface area (Å²) in [5, 5.41) is 9.58. The van der Waals surface area contributed by atoms with Gasteiger partial charge in [-0.2, -0.15) is 0 Å². The van der Waals surface area contributed by atoms with E-state index < -0.39 is 9.84 Å². The summed E-state index contributed by atoms with van der Waals surface area (Å²) in [6.07, 6.45) is 1.22. The van der Waals surface area contributed by atoms with E-state index in [0.29, 0.717) is 23.9 Å². The number of sulfone groups is 1. The Labute approximate surface area is 182 Å². The van der Waals surface area contributed by atoms with Crippen molar-refractivity contribution in [2.24, 2.45) is 4.99 Å². The third kappa shape index (κ3) is 5.90. The van der Waals surface area contributed by atoms with Crippen molar-refractivity contribution < 1.29 is 8.42 Å². The Morgan fingerprint density at radius 1 is 1.13 bits per heavy atom. The predicted molar refractivity (Wildman–Crippen MR) is 123 cm³/mol. The fourth-order valence-corrected chi connectivity index (χ4v) is 4.80. The van der Waals surface area contributed by atoms with Gasteiger partial charge in [0.1, 0.15) is 5.01 Å². The van der Waals surface area contributed by atoms with Crippen LogP contribution in [0.15, 0.2) is 63.8 Å². The second kappa shape index (κ2) is 9.86. The first kappa shape index (κ1) is 22.0. The van der Waals surface area contributed by atoms with E-state index in [1.165, 1.54) is 6.26 Å². The van der Waals surface area contributed by atoms with Gasteiger partial charge in [0.25, 0.3) is 0 Å². The highest BCUT2D eigenvalue weighted by Crippen LogP contribution is 2.23. The van der Waals surface area contributed by atoms with Gasteiger partial charge in [0.15, 0.2) is 15.8 Å². The van der Waals surface area contributed by atoms with Crippen molar-refractivity contribution in [1.82, 2.24) is 15.6 Å². The lowest BCUT2D eigenvalue weighted by molar-refractivity contribution is 0.601. The number of aryl methyl sites for hydroxylation is 1. The molecule has 0 radical (unpaired) electrons. The molecule has 0 bridgehead atoms. The minimum atomic E-state index is -3.21. The van der Waals surface area contributed by atoms with Gasteiger partial charge >= 0.3 is 0 Å². The average Bonchev–Trinajstić information content (AvgIpc) is 3.19. The molecule has 0 spiro atoms. The largest absolute Gasteiger partial charge is 0.357 e. The summed E-state index contributed by atoms with van der Waals surface area (Å²) in [5.41, 5.74) is 3.76. The number of hydrogen-bond donors (Lipinski definition) is 2. The summed E-state index contributed by atoms with van der Waals surface area (Å²) in [4.78, 5) is 9.67. The molecule has 2 N–H and O–H groups in total. The van der Waals surface area contributed by atoms with Crippen molar-refractivity contribution in [1.29, 1.82) is 0 Å². The lowest BCUT2D eigenvalue weighted by atomic mass is 10.1. The Kier molecular flexibility index (Phi) is 7.23. The average molecular weight is 443 g/mol. The van der Waals surface area contributed by atoms with E-state index in [2.05, 4.69) is 27.8 Å². The molecule has 30 heavy (non-hydrogen) atoms. The summed E-state index contributed by atoms with van der Waals surface area (Å²) in [7, 11) is -3.21. The quantitative estimate of drug-likeness (QED) is 0.430. The standard InChI is InChI=1S/C22H26N4O2S2/c1-4-23-22(24-13-17-10-11-20(16(2)12-17)30(3,27)28)25-14-19-15-29-21(26-19)18-8-6-5-7-9-18/h5-12,15H,4,13-14H2,1-3H3,(H2,23,24,25). The van der Waals surface area contributed by atoms with Crippen molar-refractivity contribution in [3.8, 4) is 10.6 Å². The highest BCUT2D eigenvalue weighted by Gasteiger charge is 2.11. The molecule has 0 unspecified atom stereocenters. The van der Waals surface area contributed by atoms with Crippen LogP contribution in [0.2, 0.25) is 0 Å². The third-order valence-corrected chi connectivity index (χ3v) is 6.61. The molecule has 1 aromatic heterocycles. The molecule has 3 aromatic rings. The van der Waals surface area contributed by atoms with Crippen molar-refractivity contribution in [3.63, 3.8) is 0 Å². The number of guanidine groups is 1. The van der Waals surface area contributed by atoms with E-state index in [0.717, 1.165) is 33.9 Å². The molecule has 0 aliphatic carbocycles. The Morgan fingerprint density at radius 2 is 1.90 bits per heavy atom. The maximum atomic E-state index is 11.8. The summed E-state index contributed by atoms with van der Waals surface area (Å²) < 4.78 is 23.6. The smallest absolute Gasteiger partial charge is 0.191 e. The van der Waals surface area contributed by atoms with Gasteiger partial charge in [0, 0.05) is 23.7 Å². The van der Waals surface area contributed by atoms with E-state index in [9.17, 15) is 8.42 Å². The van der Waals surface area contributed by atoms with Crippen LogP contribution in [0.25, 0.3) is 10.6 Å². The van der Waals surface area contributed by atoms with E-state index in [4.69, 9.17) is 4.98 Å². The molecule has 1 heterocycles. The molecule has 2 aromatic carbocycles. The van der Waals surface area contributed by atoms with E-state index in [-0.39, 0.29) is 0 Å². The molecule has 8 heteroatoms. The van der Waals surface area contributed by atoms with Crippen LogP contribution in [0.3, 0.4) is 0 Å². The Balaban J connectivity index is 1.65. The SMILES string of the molecule is CCNC(=NCc1ccc(S(C)(=O)=O)c(C)c1)NCc1csc(-c2ccccc2)n1. The second-order valence-electron chi connectivity index (χ2n) is 6.93. The van der Waals surface area contributed by atoms with E-state index in [1.54, 1.807) is 24.3 Å². The highest BCUT2D eigenvalue weighted by atomic mass is 32.2. The van der Waals surface area contributed by atoms with Gasteiger partial charge in [-0.1, -0.05) is 42.5 Å². The van der Waals surface area contributed by atoms with Crippen LogP contribution in [0, 0.1) is 6.92 Å². The van der Waals surface area contributed by atoms with Gasteiger partial charge in [-0.3, -0.25) is 0 Å². The number of aliphatic imine (C=N–C) groups is 1. The van der Waals surface area contributed by atoms with Crippen molar-refractivity contribution in [2.45, 2.75) is 31.8 Å². The molecule has 0 atom stereocenters. The predicted octanol–water partition coefficient (Wildman–Crippen LogP) is 3.78. The van der Waals surface area contributed by atoms with Crippen LogP contribution >= 0.6 is 11.3 Å². The van der Waals surface area contributed by atoms with Crippen molar-refractivity contribution in [3.05, 3.63) is 70.7 Å². The first-order valence-corrected chi connectivity index (χ1v) is 12.5. The van der Waals surface area contributed by atoms with Crippen molar-refractivity contribution in [2.75, 3.05) is 12.8 Å². The molecule has 0 amide bonds. The maximum Gasteiger partial charge on any atom is 0.191 e. The Hall–Kier alpha value is -2.71. The molecule has 6 nitrogen and oxygen atoms in total. The zero-order valence-corrected chi connectivity index (χ0v) is 19.0. The van der Waals surface area contributed by atoms with Crippen LogP contribution in [0.5, 0.6) is 0 Å². The number of aromatic nitrogens is 1. The lowest BCUT2D eigenvalue weighted by Gasteiger charge is -2.11. The topological polar surface area (TPSA) is 83.5 Å². The van der Waals surface area contributed by atoms with Gasteiger partial charge in [-0.05, 0) is 31.0 Å². The zero-order chi connectivity index (χ0) is 21.6. The number of thiazole rings is 1. The minimum Gasteiger partial charge on any atom is -0.357 e. The number of nitrogens with one attached hydrogen (secondary N) is 2. The monoisotopic (exact) mass is 442 g/mol. The molecule has 0 fully saturated rings. The van der Waals surface area contributed by atoms with Crippen LogP contribution in [-0.4, -0.2) is 32.2 Å². The maximum absolute atomic E-state index is 11.8. The van der Waals surface area contributed by atoms with Gasteiger partial charge in [-0.25, -0.2) is 18.4 Å². The van der Waals surface area contributed by atoms with E-state index in [1.807, 2.05) is 42.6 Å². The highest BCUT2D eigenvalue weighted by molar-refractivity contribution is 7.90. The second-order valence-corrected chi connectivity index (χ2v) is 9.77. The van der Waals surface area contributed by atoms with Crippen LogP contribution in [0.4, 0.5) is 0 Å². The third-order valence-electron chi connectivity index (χ3n) is 4.41. The number of hydrogen-bond acceptors (Lipinski definition) is 5. The zero-order valence-electron chi connectivity index (χ0n) is 17.3. The van der Waals surface area contributed by atoms with Crippen LogP contribution in [-0.2, 0) is 22.9 Å². The molecular formula is C22H26N4O2S2. The minimum absolute atomic E-state index is 0.359. The number of rotatable bonds is 7. The summed E-state index contributed by atoms with van der Waals surface area (Å²) in [6.45, 7) is 5.58. The van der Waals surface area contributed by atoms with Crippen LogP contribution < -0.4 is 10.6 Å². The fraction of sp³-hybridized carbons (Fsp3) is 0.273. The molecule has 0 saturated carbocycles. The molecular weight excluding hydrogens is 416 g/mol.